The van der Waals surface area contributed by atoms with E-state index in [1.807, 2.05) is 0 Å². The summed E-state index contributed by atoms with van der Waals surface area (Å²) < 4.78 is 21.4. The van der Waals surface area contributed by atoms with Crippen molar-refractivity contribution in [2.45, 2.75) is 18.4 Å². The van der Waals surface area contributed by atoms with E-state index < -0.39 is 9.05 Å². The molecule has 11 heavy (non-hydrogen) atoms. The summed E-state index contributed by atoms with van der Waals surface area (Å²) in [5.41, 5.74) is 0.361. The van der Waals surface area contributed by atoms with Gasteiger partial charge in [0.2, 0.25) is 5.03 Å². The maximum absolute atomic E-state index is 10.7. The SMILES string of the molecule is CCc1n[nH]nc1S(=O)(=O)Cl. The van der Waals surface area contributed by atoms with Gasteiger partial charge in [-0.1, -0.05) is 6.92 Å². The first kappa shape index (κ1) is 8.48. The first-order valence-corrected chi connectivity index (χ1v) is 5.21. The van der Waals surface area contributed by atoms with Gasteiger partial charge in [0.1, 0.15) is 5.69 Å². The first-order chi connectivity index (χ1) is 5.05. The standard InChI is InChI=1S/C4H6ClN3O2S/c1-2-3-4(7-8-6-3)11(5,9)10/h2H2,1H3,(H,6,7,8). The summed E-state index contributed by atoms with van der Waals surface area (Å²) in [5, 5.41) is 9.02. The topological polar surface area (TPSA) is 75.7 Å². The molecule has 7 heteroatoms. The first-order valence-electron chi connectivity index (χ1n) is 2.90. The number of hydrogen-bond acceptors (Lipinski definition) is 4. The largest absolute Gasteiger partial charge is 0.282 e. The van der Waals surface area contributed by atoms with Gasteiger partial charge in [-0.2, -0.15) is 10.3 Å². The van der Waals surface area contributed by atoms with Crippen LogP contribution in [0.5, 0.6) is 0 Å². The van der Waals surface area contributed by atoms with Crippen LogP contribution in [0.25, 0.3) is 0 Å². The second kappa shape index (κ2) is 2.78. The van der Waals surface area contributed by atoms with Crippen LogP contribution in [0.2, 0.25) is 0 Å². The highest BCUT2D eigenvalue weighted by Crippen LogP contribution is 2.14. The van der Waals surface area contributed by atoms with Crippen molar-refractivity contribution in [1.29, 1.82) is 0 Å². The molecule has 1 aromatic rings. The van der Waals surface area contributed by atoms with Gasteiger partial charge in [0.25, 0.3) is 9.05 Å². The monoisotopic (exact) mass is 195 g/mol. The van der Waals surface area contributed by atoms with Crippen molar-refractivity contribution in [3.63, 3.8) is 0 Å². The summed E-state index contributed by atoms with van der Waals surface area (Å²) in [6.45, 7) is 1.77. The number of aryl methyl sites for hydroxylation is 1. The summed E-state index contributed by atoms with van der Waals surface area (Å²) in [6.07, 6.45) is 0.484. The minimum atomic E-state index is -3.73. The van der Waals surface area contributed by atoms with Gasteiger partial charge in [-0.05, 0) is 6.42 Å². The number of nitrogens with one attached hydrogen (secondary N) is 1. The lowest BCUT2D eigenvalue weighted by molar-refractivity contribution is 0.604. The fourth-order valence-corrected chi connectivity index (χ4v) is 1.66. The molecule has 1 heterocycles. The molecule has 0 atom stereocenters. The third kappa shape index (κ3) is 1.69. The minimum absolute atomic E-state index is 0.179. The van der Waals surface area contributed by atoms with E-state index in [0.29, 0.717) is 12.1 Å². The Morgan fingerprint density at radius 1 is 1.55 bits per heavy atom. The molecular formula is C4H6ClN3O2S. The molecule has 0 spiro atoms. The highest BCUT2D eigenvalue weighted by atomic mass is 35.7. The lowest BCUT2D eigenvalue weighted by atomic mass is 10.4. The molecule has 0 aliphatic rings. The highest BCUT2D eigenvalue weighted by molar-refractivity contribution is 8.13. The molecule has 1 rings (SSSR count). The quantitative estimate of drug-likeness (QED) is 0.689. The average Bonchev–Trinajstić information content (AvgIpc) is 2.31. The third-order valence-corrected chi connectivity index (χ3v) is 2.38. The molecule has 1 N–H and O–H groups in total. The van der Waals surface area contributed by atoms with Gasteiger partial charge in [-0.25, -0.2) is 8.42 Å². The van der Waals surface area contributed by atoms with E-state index in [4.69, 9.17) is 10.7 Å². The van der Waals surface area contributed by atoms with Crippen molar-refractivity contribution in [3.05, 3.63) is 5.69 Å². The lowest BCUT2D eigenvalue weighted by Gasteiger charge is -1.89. The Bertz CT molecular complexity index is 344. The summed E-state index contributed by atoms with van der Waals surface area (Å²) in [7, 11) is 1.30. The molecule has 0 bridgehead atoms. The normalized spacial score (nSPS) is 11.8. The number of aromatic nitrogens is 3. The third-order valence-electron chi connectivity index (χ3n) is 1.15. The van der Waals surface area contributed by atoms with E-state index in [2.05, 4.69) is 15.4 Å². The molecule has 0 saturated carbocycles. The number of aromatic amines is 1. The van der Waals surface area contributed by atoms with Crippen molar-refractivity contribution < 1.29 is 8.42 Å². The van der Waals surface area contributed by atoms with Gasteiger partial charge in [0, 0.05) is 10.7 Å². The van der Waals surface area contributed by atoms with Crippen LogP contribution < -0.4 is 0 Å². The van der Waals surface area contributed by atoms with Gasteiger partial charge < -0.3 is 0 Å². The van der Waals surface area contributed by atoms with Gasteiger partial charge in [0.05, 0.1) is 0 Å². The molecule has 5 nitrogen and oxygen atoms in total. The fraction of sp³-hybridized carbons (Fsp3) is 0.500. The van der Waals surface area contributed by atoms with Gasteiger partial charge >= 0.3 is 0 Å². The van der Waals surface area contributed by atoms with Gasteiger partial charge in [-0.15, -0.1) is 5.10 Å². The van der Waals surface area contributed by atoms with E-state index in [9.17, 15) is 8.42 Å². The fourth-order valence-electron chi connectivity index (χ4n) is 0.669. The maximum atomic E-state index is 10.7. The molecule has 62 valence electrons. The van der Waals surface area contributed by atoms with E-state index in [1.54, 1.807) is 6.92 Å². The van der Waals surface area contributed by atoms with Gasteiger partial charge in [0.15, 0.2) is 0 Å². The molecule has 0 radical (unpaired) electrons. The van der Waals surface area contributed by atoms with Gasteiger partial charge in [-0.3, -0.25) is 0 Å². The van der Waals surface area contributed by atoms with Crippen LogP contribution in [0.1, 0.15) is 12.6 Å². The molecular weight excluding hydrogens is 190 g/mol. The molecule has 0 unspecified atom stereocenters. The maximum Gasteiger partial charge on any atom is 0.282 e. The molecule has 0 amide bonds. The smallest absolute Gasteiger partial charge is 0.205 e. The molecule has 1 aromatic heterocycles. The van der Waals surface area contributed by atoms with E-state index in [-0.39, 0.29) is 5.03 Å². The van der Waals surface area contributed by atoms with Crippen LogP contribution in [-0.2, 0) is 15.5 Å². The molecule has 0 aliphatic carbocycles. The Morgan fingerprint density at radius 3 is 2.55 bits per heavy atom. The van der Waals surface area contributed by atoms with E-state index >= 15 is 0 Å². The van der Waals surface area contributed by atoms with Crippen molar-refractivity contribution in [2.24, 2.45) is 0 Å². The second-order valence-corrected chi connectivity index (χ2v) is 4.35. The van der Waals surface area contributed by atoms with Crippen LogP contribution in [0.4, 0.5) is 0 Å². The van der Waals surface area contributed by atoms with Crippen LogP contribution in [-0.4, -0.2) is 23.8 Å². The average molecular weight is 196 g/mol. The van der Waals surface area contributed by atoms with Crippen LogP contribution >= 0.6 is 10.7 Å². The van der Waals surface area contributed by atoms with Crippen LogP contribution in [0, 0.1) is 0 Å². The highest BCUT2D eigenvalue weighted by Gasteiger charge is 2.18. The zero-order chi connectivity index (χ0) is 8.48. The van der Waals surface area contributed by atoms with Crippen molar-refractivity contribution >= 4 is 19.7 Å². The Kier molecular flexibility index (Phi) is 2.15. The number of halogens is 1. The summed E-state index contributed by atoms with van der Waals surface area (Å²) in [6, 6.07) is 0. The minimum Gasteiger partial charge on any atom is -0.205 e. The predicted molar refractivity (Wildman–Crippen MR) is 38.8 cm³/mol. The van der Waals surface area contributed by atoms with Crippen molar-refractivity contribution in [2.75, 3.05) is 0 Å². The number of H-pyrrole nitrogens is 1. The molecule has 0 aliphatic heterocycles. The Balaban J connectivity index is 3.24. The zero-order valence-corrected chi connectivity index (χ0v) is 7.28. The lowest BCUT2D eigenvalue weighted by Crippen LogP contribution is -1.95. The predicted octanol–water partition coefficient (Wildman–Crippen LogP) is 0.295. The zero-order valence-electron chi connectivity index (χ0n) is 5.70. The van der Waals surface area contributed by atoms with Crippen LogP contribution in [0.15, 0.2) is 5.03 Å². The summed E-state index contributed by atoms with van der Waals surface area (Å²) >= 11 is 0. The van der Waals surface area contributed by atoms with E-state index in [0.717, 1.165) is 0 Å². The Morgan fingerprint density at radius 2 is 2.18 bits per heavy atom. The summed E-state index contributed by atoms with van der Waals surface area (Å²) in [4.78, 5) is 0. The molecule has 0 aromatic carbocycles. The number of hydrogen-bond donors (Lipinski definition) is 1. The number of rotatable bonds is 2. The Hall–Kier alpha value is -0.620. The van der Waals surface area contributed by atoms with Crippen molar-refractivity contribution in [1.82, 2.24) is 15.4 Å². The molecule has 0 fully saturated rings. The Labute approximate surface area is 68.2 Å². The second-order valence-electron chi connectivity index (χ2n) is 1.87. The summed E-state index contributed by atoms with van der Waals surface area (Å²) in [5.74, 6) is 0. The van der Waals surface area contributed by atoms with Crippen LogP contribution in [0.3, 0.4) is 0 Å². The molecule has 0 saturated heterocycles. The van der Waals surface area contributed by atoms with E-state index in [1.165, 1.54) is 0 Å². The number of nitrogens with zero attached hydrogens (tertiary/aromatic N) is 2. The van der Waals surface area contributed by atoms with Crippen molar-refractivity contribution in [3.8, 4) is 0 Å².